The Bertz CT molecular complexity index is 643. The molecular weight excluding hydrogens is 268 g/mol. The SMILES string of the molecule is CCOC(=O)C(CC)C(=O)Oc1cccc2ccccc12. The number of benzene rings is 2. The van der Waals surface area contributed by atoms with Crippen LogP contribution < -0.4 is 4.74 Å². The summed E-state index contributed by atoms with van der Waals surface area (Å²) in [6, 6.07) is 13.1. The Labute approximate surface area is 123 Å². The Kier molecular flexibility index (Phi) is 4.93. The van der Waals surface area contributed by atoms with Gasteiger partial charge in [-0.05, 0) is 24.8 Å². The fourth-order valence-corrected chi connectivity index (χ4v) is 2.14. The van der Waals surface area contributed by atoms with Gasteiger partial charge in [0.05, 0.1) is 6.61 Å². The summed E-state index contributed by atoms with van der Waals surface area (Å²) < 4.78 is 10.3. The molecule has 0 saturated carbocycles. The van der Waals surface area contributed by atoms with Crippen LogP contribution in [0.5, 0.6) is 5.75 Å². The highest BCUT2D eigenvalue weighted by molar-refractivity contribution is 5.97. The van der Waals surface area contributed by atoms with Gasteiger partial charge in [-0.2, -0.15) is 0 Å². The van der Waals surface area contributed by atoms with Crippen molar-refractivity contribution in [2.45, 2.75) is 20.3 Å². The van der Waals surface area contributed by atoms with E-state index in [1.165, 1.54) is 0 Å². The summed E-state index contributed by atoms with van der Waals surface area (Å²) in [5.41, 5.74) is 0. The molecule has 0 spiro atoms. The van der Waals surface area contributed by atoms with E-state index in [-0.39, 0.29) is 6.61 Å². The lowest BCUT2D eigenvalue weighted by atomic mass is 10.1. The zero-order chi connectivity index (χ0) is 15.2. The molecule has 0 bridgehead atoms. The van der Waals surface area contributed by atoms with Gasteiger partial charge in [-0.15, -0.1) is 0 Å². The van der Waals surface area contributed by atoms with Crippen molar-refractivity contribution in [2.24, 2.45) is 5.92 Å². The minimum absolute atomic E-state index is 0.247. The smallest absolute Gasteiger partial charge is 0.325 e. The molecule has 0 N–H and O–H groups in total. The summed E-state index contributed by atoms with van der Waals surface area (Å²) in [7, 11) is 0. The Morgan fingerprint density at radius 2 is 1.71 bits per heavy atom. The van der Waals surface area contributed by atoms with E-state index in [2.05, 4.69) is 0 Å². The van der Waals surface area contributed by atoms with E-state index in [0.717, 1.165) is 10.8 Å². The number of carbonyl (C=O) groups is 2. The fraction of sp³-hybridized carbons (Fsp3) is 0.294. The van der Waals surface area contributed by atoms with E-state index in [9.17, 15) is 9.59 Å². The minimum Gasteiger partial charge on any atom is -0.465 e. The van der Waals surface area contributed by atoms with Gasteiger partial charge in [0.25, 0.3) is 0 Å². The maximum absolute atomic E-state index is 12.2. The lowest BCUT2D eigenvalue weighted by Crippen LogP contribution is -2.29. The summed E-state index contributed by atoms with van der Waals surface area (Å²) in [6.45, 7) is 3.71. The first-order valence-corrected chi connectivity index (χ1v) is 7.03. The number of ether oxygens (including phenoxy) is 2. The first-order chi connectivity index (χ1) is 10.2. The Balaban J connectivity index is 2.23. The highest BCUT2D eigenvalue weighted by Crippen LogP contribution is 2.26. The van der Waals surface area contributed by atoms with Crippen molar-refractivity contribution < 1.29 is 19.1 Å². The van der Waals surface area contributed by atoms with E-state index in [1.54, 1.807) is 19.9 Å². The lowest BCUT2D eigenvalue weighted by Gasteiger charge is -2.13. The normalized spacial score (nSPS) is 11.9. The van der Waals surface area contributed by atoms with Crippen molar-refractivity contribution in [2.75, 3.05) is 6.61 Å². The van der Waals surface area contributed by atoms with Gasteiger partial charge in [-0.3, -0.25) is 9.59 Å². The molecule has 1 unspecified atom stereocenters. The second kappa shape index (κ2) is 6.88. The molecule has 2 aromatic carbocycles. The van der Waals surface area contributed by atoms with Crippen molar-refractivity contribution in [1.29, 1.82) is 0 Å². The minimum atomic E-state index is -0.885. The van der Waals surface area contributed by atoms with Gasteiger partial charge in [-0.1, -0.05) is 43.3 Å². The third-order valence-corrected chi connectivity index (χ3v) is 3.22. The molecular formula is C17H18O4. The van der Waals surface area contributed by atoms with Gasteiger partial charge >= 0.3 is 11.9 Å². The molecule has 0 saturated heterocycles. The van der Waals surface area contributed by atoms with Crippen LogP contribution in [0.4, 0.5) is 0 Å². The van der Waals surface area contributed by atoms with Gasteiger partial charge in [0.15, 0.2) is 5.92 Å². The number of hydrogen-bond acceptors (Lipinski definition) is 4. The molecule has 0 aliphatic heterocycles. The predicted molar refractivity (Wildman–Crippen MR) is 80.0 cm³/mol. The monoisotopic (exact) mass is 286 g/mol. The molecule has 0 amide bonds. The van der Waals surface area contributed by atoms with E-state index in [1.807, 2.05) is 36.4 Å². The predicted octanol–water partition coefficient (Wildman–Crippen LogP) is 3.33. The van der Waals surface area contributed by atoms with Crippen molar-refractivity contribution in [1.82, 2.24) is 0 Å². The average molecular weight is 286 g/mol. The summed E-state index contributed by atoms with van der Waals surface area (Å²) in [5.74, 6) is -1.54. The first-order valence-electron chi connectivity index (χ1n) is 7.03. The lowest BCUT2D eigenvalue weighted by molar-refractivity contribution is -0.157. The molecule has 4 nitrogen and oxygen atoms in total. The molecule has 0 aliphatic carbocycles. The Morgan fingerprint density at radius 3 is 2.43 bits per heavy atom. The van der Waals surface area contributed by atoms with Gasteiger partial charge < -0.3 is 9.47 Å². The topological polar surface area (TPSA) is 52.6 Å². The second-order valence-corrected chi connectivity index (χ2v) is 4.61. The fourth-order valence-electron chi connectivity index (χ4n) is 2.14. The number of rotatable bonds is 5. The molecule has 0 aliphatic rings. The zero-order valence-corrected chi connectivity index (χ0v) is 12.2. The van der Waals surface area contributed by atoms with E-state index in [4.69, 9.17) is 9.47 Å². The van der Waals surface area contributed by atoms with E-state index >= 15 is 0 Å². The Hall–Kier alpha value is -2.36. The van der Waals surface area contributed by atoms with Crippen molar-refractivity contribution >= 4 is 22.7 Å². The zero-order valence-electron chi connectivity index (χ0n) is 12.2. The van der Waals surface area contributed by atoms with Crippen LogP contribution in [-0.4, -0.2) is 18.5 Å². The van der Waals surface area contributed by atoms with Crippen molar-refractivity contribution in [3.8, 4) is 5.75 Å². The number of carbonyl (C=O) groups excluding carboxylic acids is 2. The average Bonchev–Trinajstić information content (AvgIpc) is 2.48. The number of fused-ring (bicyclic) bond motifs is 1. The molecule has 21 heavy (non-hydrogen) atoms. The van der Waals surface area contributed by atoms with Crippen LogP contribution in [0.3, 0.4) is 0 Å². The van der Waals surface area contributed by atoms with E-state index < -0.39 is 17.9 Å². The van der Waals surface area contributed by atoms with Crippen LogP contribution in [0.25, 0.3) is 10.8 Å². The van der Waals surface area contributed by atoms with Crippen LogP contribution in [0, 0.1) is 5.92 Å². The van der Waals surface area contributed by atoms with Crippen LogP contribution in [0.1, 0.15) is 20.3 Å². The molecule has 0 heterocycles. The molecule has 2 rings (SSSR count). The van der Waals surface area contributed by atoms with E-state index in [0.29, 0.717) is 12.2 Å². The van der Waals surface area contributed by atoms with Crippen LogP contribution >= 0.6 is 0 Å². The maximum Gasteiger partial charge on any atom is 0.325 e. The molecule has 0 aromatic heterocycles. The third-order valence-electron chi connectivity index (χ3n) is 3.22. The molecule has 2 aromatic rings. The second-order valence-electron chi connectivity index (χ2n) is 4.61. The first kappa shape index (κ1) is 15.0. The highest BCUT2D eigenvalue weighted by atomic mass is 16.6. The molecule has 1 atom stereocenters. The van der Waals surface area contributed by atoms with Crippen LogP contribution in [-0.2, 0) is 14.3 Å². The summed E-state index contributed by atoms with van der Waals surface area (Å²) >= 11 is 0. The molecule has 4 heteroatoms. The molecule has 0 fully saturated rings. The van der Waals surface area contributed by atoms with Gasteiger partial charge in [0.1, 0.15) is 5.75 Å². The molecule has 0 radical (unpaired) electrons. The summed E-state index contributed by atoms with van der Waals surface area (Å²) in [6.07, 6.45) is 0.350. The largest absolute Gasteiger partial charge is 0.465 e. The third kappa shape index (κ3) is 3.40. The van der Waals surface area contributed by atoms with Gasteiger partial charge in [-0.25, -0.2) is 0 Å². The summed E-state index contributed by atoms with van der Waals surface area (Å²) in [5, 5.41) is 1.82. The molecule has 110 valence electrons. The summed E-state index contributed by atoms with van der Waals surface area (Å²) in [4.78, 5) is 23.9. The van der Waals surface area contributed by atoms with Crippen molar-refractivity contribution in [3.05, 3.63) is 42.5 Å². The van der Waals surface area contributed by atoms with Crippen LogP contribution in [0.15, 0.2) is 42.5 Å². The maximum atomic E-state index is 12.2. The van der Waals surface area contributed by atoms with Gasteiger partial charge in [0, 0.05) is 5.39 Å². The number of esters is 2. The van der Waals surface area contributed by atoms with Crippen LogP contribution in [0.2, 0.25) is 0 Å². The Morgan fingerprint density at radius 1 is 1.00 bits per heavy atom. The quantitative estimate of drug-likeness (QED) is 0.480. The standard InChI is InChI=1S/C17H18O4/c1-3-13(16(18)20-4-2)17(19)21-15-11-7-9-12-8-5-6-10-14(12)15/h5-11,13H,3-4H2,1-2H3. The number of hydrogen-bond donors (Lipinski definition) is 0. The highest BCUT2D eigenvalue weighted by Gasteiger charge is 2.28. The van der Waals surface area contributed by atoms with Crippen molar-refractivity contribution in [3.63, 3.8) is 0 Å². The van der Waals surface area contributed by atoms with Gasteiger partial charge in [0.2, 0.25) is 0 Å².